The third-order valence-corrected chi connectivity index (χ3v) is 3.98. The van der Waals surface area contributed by atoms with Gasteiger partial charge in [-0.15, -0.1) is 0 Å². The molecule has 0 fully saturated rings. The van der Waals surface area contributed by atoms with Crippen molar-refractivity contribution < 1.29 is 4.74 Å². The molecular formula is C15H13Cl2NOS. The summed E-state index contributed by atoms with van der Waals surface area (Å²) in [5, 5.41) is 1.22. The van der Waals surface area contributed by atoms with Crippen LogP contribution in [0, 0.1) is 13.8 Å². The van der Waals surface area contributed by atoms with Gasteiger partial charge >= 0.3 is 0 Å². The van der Waals surface area contributed by atoms with Gasteiger partial charge in [-0.25, -0.2) is 0 Å². The van der Waals surface area contributed by atoms with E-state index in [0.29, 0.717) is 22.1 Å². The average molecular weight is 326 g/mol. The predicted molar refractivity (Wildman–Crippen MR) is 88.3 cm³/mol. The Morgan fingerprint density at radius 3 is 2.15 bits per heavy atom. The first-order valence-electron chi connectivity index (χ1n) is 5.92. The number of halogens is 2. The first-order chi connectivity index (χ1) is 9.38. The van der Waals surface area contributed by atoms with Gasteiger partial charge in [0, 0.05) is 16.7 Å². The normalized spacial score (nSPS) is 10.4. The van der Waals surface area contributed by atoms with E-state index in [9.17, 15) is 0 Å². The van der Waals surface area contributed by atoms with Crippen molar-refractivity contribution in [2.24, 2.45) is 5.73 Å². The summed E-state index contributed by atoms with van der Waals surface area (Å²) >= 11 is 17.1. The number of benzene rings is 2. The lowest BCUT2D eigenvalue weighted by molar-refractivity contribution is 0.482. The molecule has 0 aromatic heterocycles. The third-order valence-electron chi connectivity index (χ3n) is 2.85. The predicted octanol–water partition coefficient (Wildman–Crippen LogP) is 5.04. The monoisotopic (exact) mass is 325 g/mol. The van der Waals surface area contributed by atoms with Crippen molar-refractivity contribution in [1.29, 1.82) is 0 Å². The van der Waals surface area contributed by atoms with Crippen LogP contribution in [0.25, 0.3) is 0 Å². The van der Waals surface area contributed by atoms with Gasteiger partial charge in [-0.1, -0.05) is 35.4 Å². The number of rotatable bonds is 3. The van der Waals surface area contributed by atoms with Crippen LogP contribution in [0.3, 0.4) is 0 Å². The maximum atomic E-state index is 6.13. The summed E-state index contributed by atoms with van der Waals surface area (Å²) < 4.78 is 5.78. The van der Waals surface area contributed by atoms with Crippen molar-refractivity contribution in [3.05, 3.63) is 57.1 Å². The van der Waals surface area contributed by atoms with E-state index in [1.54, 1.807) is 18.2 Å². The standard InChI is InChI=1S/C15H13Cl2NOS/c1-8-5-11(6-9(2)14(8)17)19-10-3-4-12(15(18)20)13(16)7-10/h3-7H,1-2H3,(H2,18,20). The summed E-state index contributed by atoms with van der Waals surface area (Å²) in [7, 11) is 0. The van der Waals surface area contributed by atoms with Crippen molar-refractivity contribution in [3.8, 4) is 11.5 Å². The van der Waals surface area contributed by atoms with E-state index in [0.717, 1.165) is 16.1 Å². The second-order valence-corrected chi connectivity index (χ2v) is 5.70. The minimum absolute atomic E-state index is 0.264. The first kappa shape index (κ1) is 15.1. The fraction of sp³-hybridized carbons (Fsp3) is 0.133. The van der Waals surface area contributed by atoms with Crippen LogP contribution in [0.2, 0.25) is 10.0 Å². The second-order valence-electron chi connectivity index (χ2n) is 4.48. The molecule has 2 aromatic carbocycles. The van der Waals surface area contributed by atoms with Crippen LogP contribution in [0.4, 0.5) is 0 Å². The number of nitrogens with two attached hydrogens (primary N) is 1. The summed E-state index contributed by atoms with van der Waals surface area (Å²) in [5.74, 6) is 1.33. The number of thiocarbonyl (C=S) groups is 1. The van der Waals surface area contributed by atoms with Crippen LogP contribution in [0.5, 0.6) is 11.5 Å². The van der Waals surface area contributed by atoms with Gasteiger partial charge in [-0.05, 0) is 49.2 Å². The molecular weight excluding hydrogens is 313 g/mol. The van der Waals surface area contributed by atoms with Gasteiger partial charge in [0.15, 0.2) is 0 Å². The van der Waals surface area contributed by atoms with Gasteiger partial charge in [-0.2, -0.15) is 0 Å². The molecule has 0 aliphatic rings. The summed E-state index contributed by atoms with van der Waals surface area (Å²) in [4.78, 5) is 0.264. The highest BCUT2D eigenvalue weighted by Gasteiger charge is 2.08. The van der Waals surface area contributed by atoms with Gasteiger partial charge in [0.1, 0.15) is 16.5 Å². The molecule has 0 unspecified atom stereocenters. The lowest BCUT2D eigenvalue weighted by Gasteiger charge is -2.11. The van der Waals surface area contributed by atoms with Crippen LogP contribution in [-0.2, 0) is 0 Å². The van der Waals surface area contributed by atoms with Crippen LogP contribution in [-0.4, -0.2) is 4.99 Å². The lowest BCUT2D eigenvalue weighted by atomic mass is 10.1. The molecule has 2 aromatic rings. The van der Waals surface area contributed by atoms with Crippen LogP contribution < -0.4 is 10.5 Å². The van der Waals surface area contributed by atoms with Gasteiger partial charge in [-0.3, -0.25) is 0 Å². The van der Waals surface area contributed by atoms with E-state index in [1.807, 2.05) is 26.0 Å². The Kier molecular flexibility index (Phi) is 4.53. The molecule has 0 bridgehead atoms. The van der Waals surface area contributed by atoms with Crippen molar-refractivity contribution in [2.75, 3.05) is 0 Å². The van der Waals surface area contributed by atoms with E-state index in [2.05, 4.69) is 0 Å². The Labute approximate surface area is 133 Å². The Bertz CT molecular complexity index is 663. The number of aryl methyl sites for hydroxylation is 2. The molecule has 104 valence electrons. The SMILES string of the molecule is Cc1cc(Oc2ccc(C(N)=S)c(Cl)c2)cc(C)c1Cl. The molecule has 5 heteroatoms. The molecule has 0 aliphatic heterocycles. The van der Waals surface area contributed by atoms with E-state index in [1.165, 1.54) is 0 Å². The molecule has 0 saturated carbocycles. The van der Waals surface area contributed by atoms with E-state index >= 15 is 0 Å². The fourth-order valence-corrected chi connectivity index (χ4v) is 2.48. The number of hydrogen-bond donors (Lipinski definition) is 1. The highest BCUT2D eigenvalue weighted by Crippen LogP contribution is 2.31. The van der Waals surface area contributed by atoms with Crippen LogP contribution in [0.15, 0.2) is 30.3 Å². The van der Waals surface area contributed by atoms with Crippen molar-refractivity contribution in [2.45, 2.75) is 13.8 Å². The Balaban J connectivity index is 2.31. The first-order valence-corrected chi connectivity index (χ1v) is 7.09. The van der Waals surface area contributed by atoms with Crippen molar-refractivity contribution in [3.63, 3.8) is 0 Å². The number of hydrogen-bond acceptors (Lipinski definition) is 2. The van der Waals surface area contributed by atoms with E-state index in [-0.39, 0.29) is 4.99 Å². The summed E-state index contributed by atoms with van der Waals surface area (Å²) in [6.07, 6.45) is 0. The summed E-state index contributed by atoms with van der Waals surface area (Å²) in [6.45, 7) is 3.87. The zero-order valence-corrected chi connectivity index (χ0v) is 13.4. The topological polar surface area (TPSA) is 35.2 Å². The molecule has 0 spiro atoms. The quantitative estimate of drug-likeness (QED) is 0.803. The maximum absolute atomic E-state index is 6.13. The Morgan fingerprint density at radius 2 is 1.65 bits per heavy atom. The van der Waals surface area contributed by atoms with Gasteiger partial charge in [0.25, 0.3) is 0 Å². The van der Waals surface area contributed by atoms with Gasteiger partial charge in [0.2, 0.25) is 0 Å². The Hall–Kier alpha value is -1.29. The van der Waals surface area contributed by atoms with Gasteiger partial charge < -0.3 is 10.5 Å². The molecule has 0 amide bonds. The van der Waals surface area contributed by atoms with Crippen molar-refractivity contribution >= 4 is 40.4 Å². The van der Waals surface area contributed by atoms with Crippen molar-refractivity contribution in [1.82, 2.24) is 0 Å². The van der Waals surface area contributed by atoms with E-state index < -0.39 is 0 Å². The second kappa shape index (κ2) is 6.00. The third kappa shape index (κ3) is 3.23. The highest BCUT2D eigenvalue weighted by atomic mass is 35.5. The molecule has 0 atom stereocenters. The molecule has 2 rings (SSSR count). The maximum Gasteiger partial charge on any atom is 0.128 e. The zero-order chi connectivity index (χ0) is 14.9. The number of ether oxygens (including phenoxy) is 1. The van der Waals surface area contributed by atoms with E-state index in [4.69, 9.17) is 45.9 Å². The van der Waals surface area contributed by atoms with Crippen LogP contribution in [0.1, 0.15) is 16.7 Å². The highest BCUT2D eigenvalue weighted by molar-refractivity contribution is 7.80. The molecule has 20 heavy (non-hydrogen) atoms. The largest absolute Gasteiger partial charge is 0.457 e. The van der Waals surface area contributed by atoms with Gasteiger partial charge in [0.05, 0.1) is 5.02 Å². The summed E-state index contributed by atoms with van der Waals surface area (Å²) in [6, 6.07) is 8.97. The Morgan fingerprint density at radius 1 is 1.05 bits per heavy atom. The lowest BCUT2D eigenvalue weighted by Crippen LogP contribution is -2.09. The molecule has 0 heterocycles. The molecule has 2 N–H and O–H groups in total. The molecule has 0 saturated heterocycles. The average Bonchev–Trinajstić information content (AvgIpc) is 2.35. The van der Waals surface area contributed by atoms with Crippen LogP contribution >= 0.6 is 35.4 Å². The fourth-order valence-electron chi connectivity index (χ4n) is 1.86. The minimum atomic E-state index is 0.264. The molecule has 0 radical (unpaired) electrons. The molecule has 0 aliphatic carbocycles. The zero-order valence-electron chi connectivity index (χ0n) is 11.0. The minimum Gasteiger partial charge on any atom is -0.457 e. The molecule has 2 nitrogen and oxygen atoms in total. The smallest absolute Gasteiger partial charge is 0.128 e. The summed E-state index contributed by atoms with van der Waals surface area (Å²) in [5.41, 5.74) is 8.13.